The molecule has 5 heteroatoms. The highest BCUT2D eigenvalue weighted by molar-refractivity contribution is 5.81. The predicted molar refractivity (Wildman–Crippen MR) is 51.6 cm³/mol. The molecule has 5 nitrogen and oxygen atoms in total. The van der Waals surface area contributed by atoms with Gasteiger partial charge in [0.05, 0.1) is 6.04 Å². The molecule has 0 aromatic rings. The van der Waals surface area contributed by atoms with Crippen LogP contribution in [0.25, 0.3) is 0 Å². The second-order valence-electron chi connectivity index (χ2n) is 4.19. The van der Waals surface area contributed by atoms with E-state index in [0.29, 0.717) is 12.8 Å². The monoisotopic (exact) mass is 211 g/mol. The summed E-state index contributed by atoms with van der Waals surface area (Å²) < 4.78 is 0. The summed E-state index contributed by atoms with van der Waals surface area (Å²) in [5.74, 6) is -1.14. The van der Waals surface area contributed by atoms with Gasteiger partial charge in [0.1, 0.15) is 6.04 Å². The largest absolute Gasteiger partial charge is 0.480 e. The SMILES string of the molecule is C=C1C[C@H]2CC[C@@H]1N(C(=O)O)[C@@H]2C(=O)O. The van der Waals surface area contributed by atoms with Gasteiger partial charge in [0, 0.05) is 0 Å². The van der Waals surface area contributed by atoms with E-state index in [1.165, 1.54) is 0 Å². The summed E-state index contributed by atoms with van der Waals surface area (Å²) in [6.07, 6.45) is 0.980. The molecule has 3 atom stereocenters. The van der Waals surface area contributed by atoms with Crippen LogP contribution in [-0.4, -0.2) is 39.3 Å². The summed E-state index contributed by atoms with van der Waals surface area (Å²) in [6.45, 7) is 3.83. The van der Waals surface area contributed by atoms with Gasteiger partial charge < -0.3 is 10.2 Å². The number of carbonyl (C=O) groups is 2. The third-order valence-electron chi connectivity index (χ3n) is 3.36. The molecule has 82 valence electrons. The first-order chi connectivity index (χ1) is 7.02. The second-order valence-corrected chi connectivity index (χ2v) is 4.19. The minimum absolute atomic E-state index is 0.101. The van der Waals surface area contributed by atoms with E-state index in [1.807, 2.05) is 0 Å². The van der Waals surface area contributed by atoms with E-state index in [-0.39, 0.29) is 12.0 Å². The molecule has 3 fully saturated rings. The molecule has 1 aliphatic carbocycles. The van der Waals surface area contributed by atoms with Gasteiger partial charge in [0.15, 0.2) is 0 Å². The van der Waals surface area contributed by atoms with Crippen molar-refractivity contribution in [2.45, 2.75) is 31.3 Å². The topological polar surface area (TPSA) is 77.8 Å². The highest BCUT2D eigenvalue weighted by Gasteiger charge is 2.49. The maximum absolute atomic E-state index is 11.0. The van der Waals surface area contributed by atoms with E-state index < -0.39 is 18.1 Å². The Morgan fingerprint density at radius 3 is 2.47 bits per heavy atom. The van der Waals surface area contributed by atoms with E-state index >= 15 is 0 Å². The first-order valence-electron chi connectivity index (χ1n) is 4.94. The van der Waals surface area contributed by atoms with Crippen LogP contribution in [0.4, 0.5) is 4.79 Å². The number of rotatable bonds is 1. The third kappa shape index (κ3) is 1.38. The molecule has 1 saturated carbocycles. The average molecular weight is 211 g/mol. The van der Waals surface area contributed by atoms with Crippen LogP contribution in [0.15, 0.2) is 12.2 Å². The molecule has 15 heavy (non-hydrogen) atoms. The molecule has 2 heterocycles. The number of hydrogen-bond acceptors (Lipinski definition) is 2. The summed E-state index contributed by atoms with van der Waals surface area (Å²) in [5, 5.41) is 18.1. The molecule has 0 unspecified atom stereocenters. The summed E-state index contributed by atoms with van der Waals surface area (Å²) in [4.78, 5) is 23.1. The van der Waals surface area contributed by atoms with Crippen molar-refractivity contribution in [3.63, 3.8) is 0 Å². The van der Waals surface area contributed by atoms with E-state index in [4.69, 9.17) is 10.2 Å². The quantitative estimate of drug-likeness (QED) is 0.638. The Morgan fingerprint density at radius 2 is 2.00 bits per heavy atom. The highest BCUT2D eigenvalue weighted by atomic mass is 16.4. The van der Waals surface area contributed by atoms with Crippen molar-refractivity contribution in [2.75, 3.05) is 0 Å². The number of nitrogens with zero attached hydrogens (tertiary/aromatic N) is 1. The van der Waals surface area contributed by atoms with Crippen LogP contribution in [0.3, 0.4) is 0 Å². The van der Waals surface area contributed by atoms with Gasteiger partial charge in [-0.25, -0.2) is 9.59 Å². The van der Waals surface area contributed by atoms with Crippen LogP contribution in [0, 0.1) is 5.92 Å². The Kier molecular flexibility index (Phi) is 2.17. The molecule has 3 aliphatic rings. The molecular formula is C10H13NO4. The predicted octanol–water partition coefficient (Wildman–Crippen LogP) is 1.16. The van der Waals surface area contributed by atoms with E-state index in [1.54, 1.807) is 0 Å². The zero-order valence-corrected chi connectivity index (χ0v) is 8.22. The number of aliphatic carboxylic acids is 1. The van der Waals surface area contributed by atoms with Crippen molar-refractivity contribution in [1.29, 1.82) is 0 Å². The number of carboxylic acid groups (broad SMARTS) is 2. The fourth-order valence-corrected chi connectivity index (χ4v) is 2.75. The lowest BCUT2D eigenvalue weighted by atomic mass is 9.72. The fourth-order valence-electron chi connectivity index (χ4n) is 2.75. The lowest BCUT2D eigenvalue weighted by molar-refractivity contribution is -0.148. The zero-order chi connectivity index (χ0) is 11.2. The van der Waals surface area contributed by atoms with Crippen molar-refractivity contribution in [1.82, 2.24) is 4.90 Å². The lowest BCUT2D eigenvalue weighted by Gasteiger charge is -2.49. The number of fused-ring (bicyclic) bond motifs is 3. The van der Waals surface area contributed by atoms with Crippen LogP contribution in [0.5, 0.6) is 0 Å². The molecule has 0 aromatic carbocycles. The minimum Gasteiger partial charge on any atom is -0.480 e. The van der Waals surface area contributed by atoms with Crippen molar-refractivity contribution >= 4 is 12.1 Å². The summed E-state index contributed by atoms with van der Waals surface area (Å²) in [7, 11) is 0. The first kappa shape index (κ1) is 10.0. The highest BCUT2D eigenvalue weighted by Crippen LogP contribution is 2.42. The van der Waals surface area contributed by atoms with Crippen molar-refractivity contribution in [3.8, 4) is 0 Å². The number of amides is 1. The molecule has 3 rings (SSSR count). The second kappa shape index (κ2) is 3.25. The molecule has 0 spiro atoms. The number of carboxylic acids is 1. The lowest BCUT2D eigenvalue weighted by Crippen LogP contribution is -2.60. The number of hydrogen-bond donors (Lipinski definition) is 2. The van der Waals surface area contributed by atoms with Crippen LogP contribution < -0.4 is 0 Å². The third-order valence-corrected chi connectivity index (χ3v) is 3.36. The molecule has 0 radical (unpaired) electrons. The van der Waals surface area contributed by atoms with Crippen LogP contribution in [0.1, 0.15) is 19.3 Å². The maximum atomic E-state index is 11.0. The Balaban J connectivity index is 2.35. The van der Waals surface area contributed by atoms with Crippen LogP contribution >= 0.6 is 0 Å². The molecule has 2 N–H and O–H groups in total. The summed E-state index contributed by atoms with van der Waals surface area (Å²) >= 11 is 0. The Bertz CT molecular complexity index is 338. The average Bonchev–Trinajstić information content (AvgIpc) is 2.16. The standard InChI is InChI=1S/C10H13NO4/c1-5-4-6-2-3-7(5)11(10(14)15)8(6)9(12)13/h6-8H,1-4H2,(H,12,13)(H,14,15)/t6-,7+,8+/m1/s1. The van der Waals surface area contributed by atoms with Gasteiger partial charge in [-0.05, 0) is 25.2 Å². The van der Waals surface area contributed by atoms with Gasteiger partial charge in [0.2, 0.25) is 0 Å². The molecule has 2 aliphatic heterocycles. The van der Waals surface area contributed by atoms with E-state index in [9.17, 15) is 9.59 Å². The maximum Gasteiger partial charge on any atom is 0.408 e. The van der Waals surface area contributed by atoms with Gasteiger partial charge in [-0.2, -0.15) is 0 Å². The Morgan fingerprint density at radius 1 is 1.33 bits per heavy atom. The Labute approximate surface area is 87.0 Å². The van der Waals surface area contributed by atoms with Gasteiger partial charge in [-0.3, -0.25) is 4.90 Å². The van der Waals surface area contributed by atoms with Crippen LogP contribution in [0.2, 0.25) is 0 Å². The fraction of sp³-hybridized carbons (Fsp3) is 0.600. The van der Waals surface area contributed by atoms with E-state index in [2.05, 4.69) is 6.58 Å². The van der Waals surface area contributed by atoms with Gasteiger partial charge in [-0.15, -0.1) is 0 Å². The zero-order valence-electron chi connectivity index (χ0n) is 8.22. The molecular weight excluding hydrogens is 198 g/mol. The minimum atomic E-state index is -1.15. The van der Waals surface area contributed by atoms with Gasteiger partial charge in [-0.1, -0.05) is 12.2 Å². The molecule has 2 bridgehead atoms. The molecule has 0 aromatic heterocycles. The molecule has 2 saturated heterocycles. The van der Waals surface area contributed by atoms with E-state index in [0.717, 1.165) is 16.9 Å². The summed E-state index contributed by atoms with van der Waals surface area (Å²) in [5.41, 5.74) is 0.853. The number of piperidine rings is 2. The van der Waals surface area contributed by atoms with Crippen molar-refractivity contribution in [3.05, 3.63) is 12.2 Å². The van der Waals surface area contributed by atoms with Gasteiger partial charge in [0.25, 0.3) is 0 Å². The van der Waals surface area contributed by atoms with Gasteiger partial charge >= 0.3 is 12.1 Å². The summed E-state index contributed by atoms with van der Waals surface area (Å²) in [6, 6.07) is -1.18. The van der Waals surface area contributed by atoms with Crippen LogP contribution in [-0.2, 0) is 4.79 Å². The smallest absolute Gasteiger partial charge is 0.408 e. The normalized spacial score (nSPS) is 34.3. The van der Waals surface area contributed by atoms with Crippen molar-refractivity contribution in [2.24, 2.45) is 5.92 Å². The molecule has 1 amide bonds. The van der Waals surface area contributed by atoms with Crippen molar-refractivity contribution < 1.29 is 19.8 Å². The Hall–Kier alpha value is -1.52. The first-order valence-corrected chi connectivity index (χ1v) is 4.94.